The van der Waals surface area contributed by atoms with E-state index < -0.39 is 0 Å². The highest BCUT2D eigenvalue weighted by Gasteiger charge is 2.37. The molecule has 0 radical (unpaired) electrons. The molecule has 13 heavy (non-hydrogen) atoms. The first-order chi connectivity index (χ1) is 6.18. The highest BCUT2D eigenvalue weighted by molar-refractivity contribution is 5.84. The van der Waals surface area contributed by atoms with Crippen LogP contribution in [0.5, 0.6) is 0 Å². The highest BCUT2D eigenvalue weighted by atomic mass is 16.2. The second-order valence-corrected chi connectivity index (χ2v) is 4.16. The average Bonchev–Trinajstić information content (AvgIpc) is 2.12. The summed E-state index contributed by atoms with van der Waals surface area (Å²) in [6.45, 7) is 2.80. The molecular weight excluding hydrogens is 166 g/mol. The van der Waals surface area contributed by atoms with Crippen LogP contribution in [0, 0.1) is 5.92 Å². The van der Waals surface area contributed by atoms with Crippen LogP contribution in [0.15, 0.2) is 0 Å². The summed E-state index contributed by atoms with van der Waals surface area (Å²) in [5.41, 5.74) is 0. The molecule has 2 aliphatic heterocycles. The van der Waals surface area contributed by atoms with E-state index in [4.69, 9.17) is 0 Å². The molecule has 0 saturated carbocycles. The fourth-order valence-electron chi connectivity index (χ4n) is 2.36. The van der Waals surface area contributed by atoms with Crippen molar-refractivity contribution in [1.82, 2.24) is 4.90 Å². The van der Waals surface area contributed by atoms with E-state index in [0.29, 0.717) is 37.5 Å². The standard InChI is InChI=1S/C10H15NO2/c1-7-2-3-10(13)11-5-4-8(12)6-9(7)11/h7,9H,2-6H2,1H3/t7-,9+/m1/s1. The van der Waals surface area contributed by atoms with Gasteiger partial charge in [0, 0.05) is 31.8 Å². The van der Waals surface area contributed by atoms with Crippen molar-refractivity contribution in [3.8, 4) is 0 Å². The van der Waals surface area contributed by atoms with Crippen molar-refractivity contribution in [2.45, 2.75) is 38.6 Å². The molecule has 0 bridgehead atoms. The Bertz CT molecular complexity index is 249. The minimum Gasteiger partial charge on any atom is -0.339 e. The van der Waals surface area contributed by atoms with E-state index in [1.807, 2.05) is 4.90 Å². The van der Waals surface area contributed by atoms with Crippen molar-refractivity contribution in [1.29, 1.82) is 0 Å². The van der Waals surface area contributed by atoms with Crippen LogP contribution in [-0.2, 0) is 9.59 Å². The Balaban J connectivity index is 2.15. The van der Waals surface area contributed by atoms with Gasteiger partial charge in [0.05, 0.1) is 0 Å². The maximum absolute atomic E-state index is 11.5. The molecule has 0 aromatic heterocycles. The molecule has 0 N–H and O–H groups in total. The lowest BCUT2D eigenvalue weighted by Gasteiger charge is -2.42. The number of hydrogen-bond donors (Lipinski definition) is 0. The van der Waals surface area contributed by atoms with Gasteiger partial charge < -0.3 is 4.90 Å². The summed E-state index contributed by atoms with van der Waals surface area (Å²) in [5, 5.41) is 0. The van der Waals surface area contributed by atoms with Gasteiger partial charge in [-0.3, -0.25) is 9.59 Å². The lowest BCUT2D eigenvalue weighted by molar-refractivity contribution is -0.143. The number of Topliss-reactive ketones (excluding diaryl/α,β-unsaturated/α-hetero) is 1. The third kappa shape index (κ3) is 1.47. The zero-order valence-corrected chi connectivity index (χ0v) is 7.95. The van der Waals surface area contributed by atoms with E-state index in [-0.39, 0.29) is 11.9 Å². The van der Waals surface area contributed by atoms with Gasteiger partial charge in [0.15, 0.2) is 0 Å². The molecule has 2 atom stereocenters. The highest BCUT2D eigenvalue weighted by Crippen LogP contribution is 2.29. The van der Waals surface area contributed by atoms with Gasteiger partial charge in [0.1, 0.15) is 5.78 Å². The second kappa shape index (κ2) is 3.13. The Hall–Kier alpha value is -0.860. The lowest BCUT2D eigenvalue weighted by Crippen LogP contribution is -2.52. The molecule has 0 unspecified atom stereocenters. The van der Waals surface area contributed by atoms with E-state index in [2.05, 4.69) is 6.92 Å². The van der Waals surface area contributed by atoms with Crippen molar-refractivity contribution < 1.29 is 9.59 Å². The topological polar surface area (TPSA) is 37.4 Å². The van der Waals surface area contributed by atoms with Crippen LogP contribution in [0.25, 0.3) is 0 Å². The van der Waals surface area contributed by atoms with Crippen LogP contribution in [0.3, 0.4) is 0 Å². The van der Waals surface area contributed by atoms with Gasteiger partial charge in [0.25, 0.3) is 0 Å². The van der Waals surface area contributed by atoms with Crippen molar-refractivity contribution in [3.63, 3.8) is 0 Å². The first-order valence-corrected chi connectivity index (χ1v) is 4.99. The summed E-state index contributed by atoms with van der Waals surface area (Å²) < 4.78 is 0. The molecule has 2 fully saturated rings. The Morgan fingerprint density at radius 1 is 1.31 bits per heavy atom. The molecule has 0 aliphatic carbocycles. The van der Waals surface area contributed by atoms with Gasteiger partial charge in [-0.15, -0.1) is 0 Å². The SMILES string of the molecule is C[C@@H]1CCC(=O)N2CCC(=O)C[C@@H]12. The number of carbonyl (C=O) groups excluding carboxylic acids is 2. The summed E-state index contributed by atoms with van der Waals surface area (Å²) in [6, 6.07) is 0.211. The fourth-order valence-corrected chi connectivity index (χ4v) is 2.36. The maximum Gasteiger partial charge on any atom is 0.222 e. The Kier molecular flexibility index (Phi) is 2.10. The van der Waals surface area contributed by atoms with Crippen LogP contribution in [0.1, 0.15) is 32.6 Å². The number of fused-ring (bicyclic) bond motifs is 1. The van der Waals surface area contributed by atoms with Crippen molar-refractivity contribution in [2.75, 3.05) is 6.54 Å². The number of carbonyl (C=O) groups is 2. The molecule has 2 rings (SSSR count). The number of rotatable bonds is 0. The zero-order valence-electron chi connectivity index (χ0n) is 7.95. The number of nitrogens with zero attached hydrogens (tertiary/aromatic N) is 1. The minimum absolute atomic E-state index is 0.211. The Labute approximate surface area is 78.1 Å². The molecule has 72 valence electrons. The van der Waals surface area contributed by atoms with Gasteiger partial charge in [-0.2, -0.15) is 0 Å². The summed E-state index contributed by atoms with van der Waals surface area (Å²) >= 11 is 0. The monoisotopic (exact) mass is 181 g/mol. The first-order valence-electron chi connectivity index (χ1n) is 4.99. The maximum atomic E-state index is 11.5. The Morgan fingerprint density at radius 2 is 2.08 bits per heavy atom. The number of ketones is 1. The molecule has 2 heterocycles. The molecule has 2 saturated heterocycles. The molecule has 3 heteroatoms. The average molecular weight is 181 g/mol. The van der Waals surface area contributed by atoms with Crippen LogP contribution < -0.4 is 0 Å². The first kappa shape index (κ1) is 8.73. The van der Waals surface area contributed by atoms with Gasteiger partial charge >= 0.3 is 0 Å². The molecule has 2 aliphatic rings. The normalized spacial score (nSPS) is 34.7. The summed E-state index contributed by atoms with van der Waals surface area (Å²) in [6.07, 6.45) is 2.78. The molecule has 0 spiro atoms. The fraction of sp³-hybridized carbons (Fsp3) is 0.800. The van der Waals surface area contributed by atoms with Crippen molar-refractivity contribution in [3.05, 3.63) is 0 Å². The predicted molar refractivity (Wildman–Crippen MR) is 48.1 cm³/mol. The van der Waals surface area contributed by atoms with Gasteiger partial charge in [-0.25, -0.2) is 0 Å². The molecule has 0 aromatic carbocycles. The largest absolute Gasteiger partial charge is 0.339 e. The van der Waals surface area contributed by atoms with E-state index in [0.717, 1.165) is 6.42 Å². The van der Waals surface area contributed by atoms with E-state index >= 15 is 0 Å². The quantitative estimate of drug-likeness (QED) is 0.558. The number of amides is 1. The summed E-state index contributed by atoms with van der Waals surface area (Å²) in [4.78, 5) is 24.6. The van der Waals surface area contributed by atoms with E-state index in [1.165, 1.54) is 0 Å². The van der Waals surface area contributed by atoms with Crippen LogP contribution >= 0.6 is 0 Å². The molecular formula is C10H15NO2. The minimum atomic E-state index is 0.211. The van der Waals surface area contributed by atoms with Crippen LogP contribution in [0.2, 0.25) is 0 Å². The van der Waals surface area contributed by atoms with Crippen molar-refractivity contribution >= 4 is 11.7 Å². The third-order valence-corrected chi connectivity index (χ3v) is 3.26. The second-order valence-electron chi connectivity index (χ2n) is 4.16. The van der Waals surface area contributed by atoms with Gasteiger partial charge in [-0.1, -0.05) is 6.92 Å². The Morgan fingerprint density at radius 3 is 2.85 bits per heavy atom. The third-order valence-electron chi connectivity index (χ3n) is 3.26. The van der Waals surface area contributed by atoms with E-state index in [9.17, 15) is 9.59 Å². The lowest BCUT2D eigenvalue weighted by atomic mass is 9.84. The van der Waals surface area contributed by atoms with E-state index in [1.54, 1.807) is 0 Å². The molecule has 0 aromatic rings. The number of hydrogen-bond acceptors (Lipinski definition) is 2. The molecule has 3 nitrogen and oxygen atoms in total. The zero-order chi connectivity index (χ0) is 9.42. The van der Waals surface area contributed by atoms with Crippen LogP contribution in [0.4, 0.5) is 0 Å². The predicted octanol–water partition coefficient (Wildman–Crippen LogP) is 0.976. The van der Waals surface area contributed by atoms with Crippen molar-refractivity contribution in [2.24, 2.45) is 5.92 Å². The van der Waals surface area contributed by atoms with Gasteiger partial charge in [0.2, 0.25) is 5.91 Å². The summed E-state index contributed by atoms with van der Waals surface area (Å²) in [5.74, 6) is 1.07. The smallest absolute Gasteiger partial charge is 0.222 e. The van der Waals surface area contributed by atoms with Gasteiger partial charge in [-0.05, 0) is 12.3 Å². The van der Waals surface area contributed by atoms with Crippen LogP contribution in [-0.4, -0.2) is 29.2 Å². The summed E-state index contributed by atoms with van der Waals surface area (Å²) in [7, 11) is 0. The number of piperidine rings is 2. The molecule has 1 amide bonds.